The van der Waals surface area contributed by atoms with Crippen molar-refractivity contribution < 1.29 is 14.4 Å². The lowest BCUT2D eigenvalue weighted by Gasteiger charge is -2.31. The summed E-state index contributed by atoms with van der Waals surface area (Å²) < 4.78 is 0. The monoisotopic (exact) mass is 478 g/mol. The lowest BCUT2D eigenvalue weighted by Crippen LogP contribution is -2.49. The molecule has 1 saturated carbocycles. The van der Waals surface area contributed by atoms with E-state index in [0.717, 1.165) is 11.4 Å². The third kappa shape index (κ3) is 4.32. The van der Waals surface area contributed by atoms with Crippen LogP contribution in [0.1, 0.15) is 42.1 Å². The molecule has 3 atom stereocenters. The molecule has 0 unspecified atom stereocenters. The smallest absolute Gasteiger partial charge is 0.272 e. The van der Waals surface area contributed by atoms with Crippen LogP contribution in [-0.4, -0.2) is 27.7 Å². The van der Waals surface area contributed by atoms with Gasteiger partial charge in [-0.25, -0.2) is 5.01 Å². The van der Waals surface area contributed by atoms with Crippen LogP contribution in [0.2, 0.25) is 15.1 Å². The predicted molar refractivity (Wildman–Crippen MR) is 120 cm³/mol. The van der Waals surface area contributed by atoms with Gasteiger partial charge in [0.1, 0.15) is 0 Å². The van der Waals surface area contributed by atoms with Gasteiger partial charge in [-0.15, -0.1) is 0 Å². The number of hydrogen-bond acceptors (Lipinski definition) is 3. The normalized spacial score (nSPS) is 23.1. The van der Waals surface area contributed by atoms with Crippen LogP contribution >= 0.6 is 34.8 Å². The molecule has 0 N–H and O–H groups in total. The van der Waals surface area contributed by atoms with Crippen molar-refractivity contribution in [3.05, 3.63) is 68.7 Å². The molecule has 1 aliphatic carbocycles. The Morgan fingerprint density at radius 2 is 1.65 bits per heavy atom. The second kappa shape index (κ2) is 8.81. The van der Waals surface area contributed by atoms with Crippen LogP contribution in [0.3, 0.4) is 0 Å². The van der Waals surface area contributed by atoms with Gasteiger partial charge in [-0.05, 0) is 67.1 Å². The lowest BCUT2D eigenvalue weighted by atomic mass is 9.76. The number of benzene rings is 2. The summed E-state index contributed by atoms with van der Waals surface area (Å²) in [5.74, 6) is -1.48. The van der Waals surface area contributed by atoms with Crippen molar-refractivity contribution in [2.24, 2.45) is 17.8 Å². The first-order valence-electron chi connectivity index (χ1n) is 10.2. The van der Waals surface area contributed by atoms with Gasteiger partial charge in [0.2, 0.25) is 0 Å². The van der Waals surface area contributed by atoms with Crippen LogP contribution in [0.4, 0.5) is 0 Å². The second-order valence-corrected chi connectivity index (χ2v) is 9.49. The molecule has 1 saturated heterocycles. The van der Waals surface area contributed by atoms with Crippen LogP contribution in [0.25, 0.3) is 0 Å². The van der Waals surface area contributed by atoms with Crippen LogP contribution in [-0.2, 0) is 16.1 Å². The Morgan fingerprint density at radius 3 is 2.32 bits per heavy atom. The Hall–Kier alpha value is -2.08. The molecule has 0 aromatic heterocycles. The minimum atomic E-state index is -0.462. The standard InChI is InChI=1S/C23H21Cl3N2O3/c1-13-2-8-17-18(10-13)23(31)28(22(17)30)27(12-14-3-9-19(25)20(26)11-14)21(29)15-4-6-16(24)7-5-15/h3-7,9,11,13,17-18H,2,8,10,12H2,1H3/t13-,17+,18-/m1/s1. The summed E-state index contributed by atoms with van der Waals surface area (Å²) in [6.45, 7) is 2.09. The maximum absolute atomic E-state index is 13.4. The molecule has 0 radical (unpaired) electrons. The molecular weight excluding hydrogens is 459 g/mol. The Morgan fingerprint density at radius 1 is 0.968 bits per heavy atom. The summed E-state index contributed by atoms with van der Waals surface area (Å²) in [5, 5.41) is 3.47. The number of nitrogens with zero attached hydrogens (tertiary/aromatic N) is 2. The molecule has 8 heteroatoms. The maximum atomic E-state index is 13.4. The number of imide groups is 1. The molecule has 1 heterocycles. The highest BCUT2D eigenvalue weighted by Gasteiger charge is 2.52. The van der Waals surface area contributed by atoms with E-state index in [1.165, 1.54) is 5.01 Å². The largest absolute Gasteiger partial charge is 0.273 e. The molecule has 2 aliphatic rings. The lowest BCUT2D eigenvalue weighted by molar-refractivity contribution is -0.155. The molecule has 0 bridgehead atoms. The number of fused-ring (bicyclic) bond motifs is 1. The minimum Gasteiger partial charge on any atom is -0.272 e. The minimum absolute atomic E-state index is 0.00478. The van der Waals surface area contributed by atoms with Gasteiger partial charge in [0.25, 0.3) is 17.7 Å². The quantitative estimate of drug-likeness (QED) is 0.534. The third-order valence-electron chi connectivity index (χ3n) is 6.05. The van der Waals surface area contributed by atoms with Crippen molar-refractivity contribution in [1.29, 1.82) is 0 Å². The van der Waals surface area contributed by atoms with Crippen molar-refractivity contribution in [2.75, 3.05) is 0 Å². The molecule has 2 aromatic carbocycles. The number of hydrogen-bond donors (Lipinski definition) is 0. The average molecular weight is 480 g/mol. The van der Waals surface area contributed by atoms with Gasteiger partial charge in [-0.3, -0.25) is 14.4 Å². The zero-order valence-corrected chi connectivity index (χ0v) is 19.1. The summed E-state index contributed by atoms with van der Waals surface area (Å²) in [5.41, 5.74) is 0.980. The average Bonchev–Trinajstić information content (AvgIpc) is 2.98. The molecule has 2 aromatic rings. The fourth-order valence-corrected chi connectivity index (χ4v) is 4.84. The van der Waals surface area contributed by atoms with Crippen molar-refractivity contribution >= 4 is 52.5 Å². The Labute approximate surface area is 195 Å². The predicted octanol–water partition coefficient (Wildman–Crippen LogP) is 5.63. The highest BCUT2D eigenvalue weighted by Crippen LogP contribution is 2.41. The van der Waals surface area contributed by atoms with Crippen molar-refractivity contribution in [1.82, 2.24) is 10.0 Å². The molecule has 2 fully saturated rings. The van der Waals surface area contributed by atoms with Crippen LogP contribution in [0.5, 0.6) is 0 Å². The van der Waals surface area contributed by atoms with Crippen LogP contribution in [0, 0.1) is 17.8 Å². The SMILES string of the molecule is C[C@@H]1CC[C@@H]2C(=O)N(N(Cc3ccc(Cl)c(Cl)c3)C(=O)c3ccc(Cl)cc3)C(=O)[C@@H]2C1. The Kier molecular flexibility index (Phi) is 6.29. The maximum Gasteiger partial charge on any atom is 0.273 e. The van der Waals surface area contributed by atoms with Gasteiger partial charge in [0.05, 0.1) is 28.4 Å². The first-order chi connectivity index (χ1) is 14.8. The van der Waals surface area contributed by atoms with E-state index in [2.05, 4.69) is 6.92 Å². The van der Waals surface area contributed by atoms with Gasteiger partial charge in [-0.1, -0.05) is 47.8 Å². The number of carbonyl (C=O) groups excluding carboxylic acids is 3. The summed E-state index contributed by atoms with van der Waals surface area (Å²) in [4.78, 5) is 40.0. The Balaban J connectivity index is 1.71. The van der Waals surface area contributed by atoms with Crippen LogP contribution in [0.15, 0.2) is 42.5 Å². The molecule has 4 rings (SSSR count). The van der Waals surface area contributed by atoms with E-state index in [0.29, 0.717) is 45.0 Å². The molecule has 3 amide bonds. The second-order valence-electron chi connectivity index (χ2n) is 8.24. The fourth-order valence-electron chi connectivity index (χ4n) is 4.40. The summed E-state index contributed by atoms with van der Waals surface area (Å²) in [7, 11) is 0. The summed E-state index contributed by atoms with van der Waals surface area (Å²) >= 11 is 18.1. The van der Waals surface area contributed by atoms with E-state index in [9.17, 15) is 14.4 Å². The van der Waals surface area contributed by atoms with E-state index < -0.39 is 5.91 Å². The van der Waals surface area contributed by atoms with E-state index in [1.807, 2.05) is 0 Å². The first-order valence-corrected chi connectivity index (χ1v) is 11.3. The Bertz CT molecular complexity index is 1040. The fraction of sp³-hybridized carbons (Fsp3) is 0.348. The number of carbonyl (C=O) groups is 3. The summed E-state index contributed by atoms with van der Waals surface area (Å²) in [6.07, 6.45) is 2.20. The molecule has 0 spiro atoms. The van der Waals surface area contributed by atoms with Gasteiger partial charge in [0, 0.05) is 10.6 Å². The highest BCUT2D eigenvalue weighted by molar-refractivity contribution is 6.42. The van der Waals surface area contributed by atoms with E-state index in [1.54, 1.807) is 42.5 Å². The topological polar surface area (TPSA) is 57.7 Å². The molecule has 162 valence electrons. The van der Waals surface area contributed by atoms with Gasteiger partial charge < -0.3 is 0 Å². The van der Waals surface area contributed by atoms with Crippen molar-refractivity contribution in [3.63, 3.8) is 0 Å². The number of rotatable bonds is 4. The first kappa shape index (κ1) is 22.1. The molecule has 5 nitrogen and oxygen atoms in total. The number of halogens is 3. The van der Waals surface area contributed by atoms with E-state index in [4.69, 9.17) is 34.8 Å². The van der Waals surface area contributed by atoms with Crippen LogP contribution < -0.4 is 0 Å². The van der Waals surface area contributed by atoms with E-state index in [-0.39, 0.29) is 30.2 Å². The van der Waals surface area contributed by atoms with Gasteiger partial charge in [0.15, 0.2) is 0 Å². The van der Waals surface area contributed by atoms with Gasteiger partial charge in [-0.2, -0.15) is 5.01 Å². The van der Waals surface area contributed by atoms with E-state index >= 15 is 0 Å². The molecule has 1 aliphatic heterocycles. The number of hydrazine groups is 1. The van der Waals surface area contributed by atoms with Crippen molar-refractivity contribution in [3.8, 4) is 0 Å². The van der Waals surface area contributed by atoms with Gasteiger partial charge >= 0.3 is 0 Å². The number of amides is 3. The zero-order chi connectivity index (χ0) is 22.3. The molecular formula is C23H21Cl3N2O3. The molecule has 31 heavy (non-hydrogen) atoms. The summed E-state index contributed by atoms with van der Waals surface area (Å²) in [6, 6.07) is 11.3. The van der Waals surface area contributed by atoms with Crippen molar-refractivity contribution in [2.45, 2.75) is 32.7 Å². The third-order valence-corrected chi connectivity index (χ3v) is 7.04. The highest BCUT2D eigenvalue weighted by atomic mass is 35.5. The zero-order valence-electron chi connectivity index (χ0n) is 16.9.